The van der Waals surface area contributed by atoms with Gasteiger partial charge < -0.3 is 0 Å². The van der Waals surface area contributed by atoms with Crippen molar-refractivity contribution < 1.29 is 0 Å². The van der Waals surface area contributed by atoms with Gasteiger partial charge >= 0.3 is 0 Å². The second kappa shape index (κ2) is 4.98. The van der Waals surface area contributed by atoms with E-state index in [0.717, 1.165) is 23.8 Å². The minimum absolute atomic E-state index is 0.714. The first-order valence-corrected chi connectivity index (χ1v) is 9.15. The quantitative estimate of drug-likeness (QED) is 0.780. The zero-order valence-corrected chi connectivity index (χ0v) is 13.5. The molecule has 1 aliphatic heterocycles. The van der Waals surface area contributed by atoms with Crippen molar-refractivity contribution in [2.24, 2.45) is 17.8 Å². The standard InChI is InChI=1S/C18H32N2/c1-14(2)16-3-5-17(6-4-16)19-7-9-20(10-8-19)18-11-15(12-18)13-18/h14-17H,3-13H2,1-2H3/t15?,16-,17-,18?. The molecule has 5 aliphatic rings. The smallest absolute Gasteiger partial charge is 0.0218 e. The normalized spacial score (nSPS) is 46.0. The number of nitrogens with zero attached hydrogens (tertiary/aromatic N) is 2. The van der Waals surface area contributed by atoms with Crippen LogP contribution in [0.3, 0.4) is 0 Å². The number of piperazine rings is 1. The van der Waals surface area contributed by atoms with Crippen LogP contribution < -0.4 is 0 Å². The Labute approximate surface area is 124 Å². The molecule has 0 spiro atoms. The zero-order chi connectivity index (χ0) is 13.7. The molecule has 4 aliphatic carbocycles. The Hall–Kier alpha value is -0.0800. The minimum Gasteiger partial charge on any atom is -0.298 e. The molecule has 114 valence electrons. The van der Waals surface area contributed by atoms with Crippen LogP contribution in [0.2, 0.25) is 0 Å². The third-order valence-electron chi connectivity index (χ3n) is 7.19. The summed E-state index contributed by atoms with van der Waals surface area (Å²) in [5.74, 6) is 3.03. The molecule has 0 radical (unpaired) electrons. The third kappa shape index (κ3) is 2.14. The van der Waals surface area contributed by atoms with Crippen LogP contribution in [0.25, 0.3) is 0 Å². The largest absolute Gasteiger partial charge is 0.298 e. The van der Waals surface area contributed by atoms with Crippen LogP contribution in [0.5, 0.6) is 0 Å². The van der Waals surface area contributed by atoms with E-state index in [1.807, 2.05) is 0 Å². The summed E-state index contributed by atoms with van der Waals surface area (Å²) >= 11 is 0. The van der Waals surface area contributed by atoms with Gasteiger partial charge in [0, 0.05) is 37.8 Å². The monoisotopic (exact) mass is 276 g/mol. The second-order valence-electron chi connectivity index (χ2n) is 8.54. The predicted molar refractivity (Wildman–Crippen MR) is 83.8 cm³/mol. The number of hydrogen-bond acceptors (Lipinski definition) is 2. The van der Waals surface area contributed by atoms with Crippen LogP contribution in [0.15, 0.2) is 0 Å². The molecule has 0 aromatic carbocycles. The molecule has 0 amide bonds. The molecule has 2 bridgehead atoms. The summed E-state index contributed by atoms with van der Waals surface area (Å²) in [4.78, 5) is 5.68. The van der Waals surface area contributed by atoms with Gasteiger partial charge in [0.05, 0.1) is 0 Å². The molecule has 1 heterocycles. The SMILES string of the molecule is CC(C)[C@H]1CC[C@H](N2CCN(C34CC(C3)C4)CC2)CC1. The van der Waals surface area contributed by atoms with E-state index < -0.39 is 0 Å². The van der Waals surface area contributed by atoms with Crippen molar-refractivity contribution in [3.05, 3.63) is 0 Å². The predicted octanol–water partition coefficient (Wildman–Crippen LogP) is 3.37. The Bertz CT molecular complexity index is 331. The first-order valence-electron chi connectivity index (χ1n) is 9.15. The topological polar surface area (TPSA) is 6.48 Å². The molecule has 2 nitrogen and oxygen atoms in total. The van der Waals surface area contributed by atoms with E-state index in [0.29, 0.717) is 5.54 Å². The first kappa shape index (κ1) is 13.6. The summed E-state index contributed by atoms with van der Waals surface area (Å²) in [6.07, 6.45) is 10.5. The van der Waals surface area contributed by atoms with Crippen LogP contribution in [-0.4, -0.2) is 47.6 Å². The highest BCUT2D eigenvalue weighted by Crippen LogP contribution is 2.60. The van der Waals surface area contributed by atoms with Gasteiger partial charge in [-0.05, 0) is 62.7 Å². The minimum atomic E-state index is 0.714. The van der Waals surface area contributed by atoms with Crippen molar-refractivity contribution >= 4 is 0 Å². The van der Waals surface area contributed by atoms with Gasteiger partial charge in [-0.15, -0.1) is 0 Å². The van der Waals surface area contributed by atoms with Gasteiger partial charge in [0.2, 0.25) is 0 Å². The highest BCUT2D eigenvalue weighted by atomic mass is 15.3. The average molecular weight is 276 g/mol. The van der Waals surface area contributed by atoms with E-state index in [1.54, 1.807) is 0 Å². The molecule has 2 heteroatoms. The van der Waals surface area contributed by atoms with Crippen LogP contribution in [0.4, 0.5) is 0 Å². The van der Waals surface area contributed by atoms with Crippen LogP contribution >= 0.6 is 0 Å². The molecule has 20 heavy (non-hydrogen) atoms. The van der Waals surface area contributed by atoms with Crippen LogP contribution in [0, 0.1) is 17.8 Å². The number of rotatable bonds is 3. The maximum atomic E-state index is 2.85. The van der Waals surface area contributed by atoms with E-state index in [9.17, 15) is 0 Å². The van der Waals surface area contributed by atoms with Gasteiger partial charge in [-0.1, -0.05) is 13.8 Å². The van der Waals surface area contributed by atoms with Gasteiger partial charge in [-0.2, -0.15) is 0 Å². The molecule has 0 aromatic heterocycles. The van der Waals surface area contributed by atoms with E-state index in [4.69, 9.17) is 0 Å². The highest BCUT2D eigenvalue weighted by molar-refractivity contribution is 5.15. The average Bonchev–Trinajstić information content (AvgIpc) is 2.36. The van der Waals surface area contributed by atoms with Gasteiger partial charge in [0.25, 0.3) is 0 Å². The summed E-state index contributed by atoms with van der Waals surface area (Å²) in [5.41, 5.74) is 0.714. The van der Waals surface area contributed by atoms with Gasteiger partial charge in [0.1, 0.15) is 0 Å². The molecule has 5 fully saturated rings. The molecular formula is C18H32N2. The van der Waals surface area contributed by atoms with Crippen molar-refractivity contribution in [2.45, 2.75) is 70.4 Å². The Balaban J connectivity index is 1.25. The van der Waals surface area contributed by atoms with Crippen molar-refractivity contribution in [3.63, 3.8) is 0 Å². The molecule has 0 aromatic rings. The lowest BCUT2D eigenvalue weighted by Crippen LogP contribution is -2.71. The van der Waals surface area contributed by atoms with Crippen LogP contribution in [-0.2, 0) is 0 Å². The fraction of sp³-hybridized carbons (Fsp3) is 1.00. The lowest BCUT2D eigenvalue weighted by Gasteiger charge is -2.68. The second-order valence-corrected chi connectivity index (χ2v) is 8.54. The molecular weight excluding hydrogens is 244 g/mol. The Morgan fingerprint density at radius 2 is 1.45 bits per heavy atom. The lowest BCUT2D eigenvalue weighted by atomic mass is 9.49. The fourth-order valence-corrected chi connectivity index (χ4v) is 5.51. The first-order chi connectivity index (χ1) is 9.66. The Morgan fingerprint density at radius 1 is 0.850 bits per heavy atom. The summed E-state index contributed by atoms with van der Waals surface area (Å²) in [6.45, 7) is 10.2. The summed E-state index contributed by atoms with van der Waals surface area (Å²) in [5, 5.41) is 0. The van der Waals surface area contributed by atoms with Crippen molar-refractivity contribution in [1.82, 2.24) is 9.80 Å². The lowest BCUT2D eigenvalue weighted by molar-refractivity contribution is -0.157. The summed E-state index contributed by atoms with van der Waals surface area (Å²) in [6, 6.07) is 0.917. The van der Waals surface area contributed by atoms with E-state index in [2.05, 4.69) is 23.6 Å². The molecule has 5 rings (SSSR count). The third-order valence-corrected chi connectivity index (χ3v) is 7.19. The highest BCUT2D eigenvalue weighted by Gasteiger charge is 2.59. The molecule has 4 saturated carbocycles. The van der Waals surface area contributed by atoms with Crippen molar-refractivity contribution in [3.8, 4) is 0 Å². The maximum absolute atomic E-state index is 2.85. The van der Waals surface area contributed by atoms with E-state index >= 15 is 0 Å². The van der Waals surface area contributed by atoms with Gasteiger partial charge in [0.15, 0.2) is 0 Å². The van der Waals surface area contributed by atoms with Crippen molar-refractivity contribution in [1.29, 1.82) is 0 Å². The van der Waals surface area contributed by atoms with Crippen LogP contribution in [0.1, 0.15) is 58.8 Å². The Morgan fingerprint density at radius 3 is 1.90 bits per heavy atom. The summed E-state index contributed by atoms with van der Waals surface area (Å²) < 4.78 is 0. The molecule has 1 saturated heterocycles. The Kier molecular flexibility index (Phi) is 3.38. The molecule has 0 atom stereocenters. The van der Waals surface area contributed by atoms with E-state index in [1.165, 1.54) is 71.1 Å². The van der Waals surface area contributed by atoms with Crippen molar-refractivity contribution in [2.75, 3.05) is 26.2 Å². The zero-order valence-electron chi connectivity index (χ0n) is 13.5. The van der Waals surface area contributed by atoms with E-state index in [-0.39, 0.29) is 0 Å². The summed E-state index contributed by atoms with van der Waals surface area (Å²) in [7, 11) is 0. The maximum Gasteiger partial charge on any atom is 0.0218 e. The molecule has 0 N–H and O–H groups in total. The number of hydrogen-bond donors (Lipinski definition) is 0. The fourth-order valence-electron chi connectivity index (χ4n) is 5.51. The van der Waals surface area contributed by atoms with Gasteiger partial charge in [-0.3, -0.25) is 9.80 Å². The van der Waals surface area contributed by atoms with Gasteiger partial charge in [-0.25, -0.2) is 0 Å². The molecule has 0 unspecified atom stereocenters.